The third kappa shape index (κ3) is 3.20. The number of phenols is 1. The summed E-state index contributed by atoms with van der Waals surface area (Å²) in [5.41, 5.74) is 10.9. The molecule has 6 N–H and O–H groups in total. The maximum absolute atomic E-state index is 10.8. The van der Waals surface area contributed by atoms with Gasteiger partial charge in [0, 0.05) is 0 Å². The van der Waals surface area contributed by atoms with Gasteiger partial charge in [-0.25, -0.2) is 4.79 Å². The summed E-state index contributed by atoms with van der Waals surface area (Å²) in [5.74, 6) is -1.73. The molecule has 0 amide bonds. The zero-order valence-corrected chi connectivity index (χ0v) is 9.08. The maximum Gasteiger partial charge on any atom is 0.339 e. The standard InChI is InChI=1S/C10H12N4O3/c1-5(13-14-10(11)12)6-2-3-8(15)7(4-6)9(16)17/h2-4,15H,1H3,(H,16,17)(H4,11,12,14). The van der Waals surface area contributed by atoms with Crippen molar-refractivity contribution in [2.75, 3.05) is 0 Å². The number of rotatable bonds is 3. The second kappa shape index (κ2) is 4.97. The number of hydrogen-bond donors (Lipinski definition) is 4. The van der Waals surface area contributed by atoms with Crippen LogP contribution in [0.1, 0.15) is 22.8 Å². The molecular formula is C10H12N4O3. The van der Waals surface area contributed by atoms with E-state index in [2.05, 4.69) is 10.2 Å². The number of carbonyl (C=O) groups is 1. The summed E-state index contributed by atoms with van der Waals surface area (Å²) in [6.45, 7) is 1.62. The second-order valence-corrected chi connectivity index (χ2v) is 3.25. The van der Waals surface area contributed by atoms with Crippen molar-refractivity contribution in [3.05, 3.63) is 29.3 Å². The molecule has 0 saturated carbocycles. The van der Waals surface area contributed by atoms with Crippen molar-refractivity contribution in [3.8, 4) is 5.75 Å². The fourth-order valence-electron chi connectivity index (χ4n) is 1.12. The summed E-state index contributed by atoms with van der Waals surface area (Å²) in [6.07, 6.45) is 0. The SMILES string of the molecule is CC(=NN=C(N)N)c1ccc(O)c(C(=O)O)c1. The molecule has 7 heteroatoms. The molecule has 0 aliphatic carbocycles. The Hall–Kier alpha value is -2.57. The van der Waals surface area contributed by atoms with Crippen LogP contribution >= 0.6 is 0 Å². The van der Waals surface area contributed by atoms with Crippen LogP contribution in [0.4, 0.5) is 0 Å². The Morgan fingerprint density at radius 1 is 1.29 bits per heavy atom. The number of benzene rings is 1. The van der Waals surface area contributed by atoms with Gasteiger partial charge in [0.1, 0.15) is 11.3 Å². The van der Waals surface area contributed by atoms with Gasteiger partial charge in [-0.2, -0.15) is 5.10 Å². The fraction of sp³-hybridized carbons (Fsp3) is 0.100. The number of aromatic hydroxyl groups is 1. The van der Waals surface area contributed by atoms with Crippen LogP contribution in [-0.2, 0) is 0 Å². The van der Waals surface area contributed by atoms with E-state index in [1.807, 2.05) is 0 Å². The topological polar surface area (TPSA) is 134 Å². The van der Waals surface area contributed by atoms with Crippen LogP contribution in [0.15, 0.2) is 28.4 Å². The predicted molar refractivity (Wildman–Crippen MR) is 63.1 cm³/mol. The predicted octanol–water partition coefficient (Wildman–Crippen LogP) is 0.0878. The Morgan fingerprint density at radius 3 is 2.47 bits per heavy atom. The van der Waals surface area contributed by atoms with Crippen molar-refractivity contribution in [1.29, 1.82) is 0 Å². The van der Waals surface area contributed by atoms with Crippen LogP contribution < -0.4 is 11.5 Å². The highest BCUT2D eigenvalue weighted by Crippen LogP contribution is 2.18. The number of guanidine groups is 1. The molecule has 0 fully saturated rings. The van der Waals surface area contributed by atoms with E-state index in [1.54, 1.807) is 6.92 Å². The molecule has 0 heterocycles. The maximum atomic E-state index is 10.8. The van der Waals surface area contributed by atoms with E-state index in [1.165, 1.54) is 18.2 Å². The lowest BCUT2D eigenvalue weighted by Crippen LogP contribution is -2.22. The van der Waals surface area contributed by atoms with Crippen LogP contribution in [0, 0.1) is 0 Å². The molecule has 7 nitrogen and oxygen atoms in total. The van der Waals surface area contributed by atoms with E-state index >= 15 is 0 Å². The summed E-state index contributed by atoms with van der Waals surface area (Å²) >= 11 is 0. The van der Waals surface area contributed by atoms with Crippen LogP contribution in [0.5, 0.6) is 5.75 Å². The van der Waals surface area contributed by atoms with Gasteiger partial charge in [-0.05, 0) is 30.7 Å². The smallest absolute Gasteiger partial charge is 0.339 e. The van der Waals surface area contributed by atoms with Crippen molar-refractivity contribution < 1.29 is 15.0 Å². The fourth-order valence-corrected chi connectivity index (χ4v) is 1.12. The van der Waals surface area contributed by atoms with Gasteiger partial charge in [0.25, 0.3) is 0 Å². The minimum absolute atomic E-state index is 0.193. The Balaban J connectivity index is 3.16. The lowest BCUT2D eigenvalue weighted by Gasteiger charge is -2.03. The number of carboxylic acid groups (broad SMARTS) is 1. The molecule has 0 aromatic heterocycles. The first-order valence-electron chi connectivity index (χ1n) is 4.61. The average Bonchev–Trinajstić information content (AvgIpc) is 2.26. The Labute approximate surface area is 97.1 Å². The van der Waals surface area contributed by atoms with Crippen LogP contribution in [0.25, 0.3) is 0 Å². The van der Waals surface area contributed by atoms with Crippen molar-refractivity contribution in [3.63, 3.8) is 0 Å². The minimum atomic E-state index is -1.22. The van der Waals surface area contributed by atoms with E-state index in [0.29, 0.717) is 11.3 Å². The molecule has 0 bridgehead atoms. The zero-order valence-electron chi connectivity index (χ0n) is 9.08. The lowest BCUT2D eigenvalue weighted by atomic mass is 10.1. The minimum Gasteiger partial charge on any atom is -0.507 e. The zero-order chi connectivity index (χ0) is 13.0. The first-order valence-corrected chi connectivity index (χ1v) is 4.61. The van der Waals surface area contributed by atoms with Crippen LogP contribution in [0.3, 0.4) is 0 Å². The van der Waals surface area contributed by atoms with E-state index in [9.17, 15) is 9.90 Å². The summed E-state index contributed by atoms with van der Waals surface area (Å²) < 4.78 is 0. The number of carboxylic acids is 1. The number of aromatic carboxylic acids is 1. The Morgan fingerprint density at radius 2 is 1.94 bits per heavy atom. The number of nitrogens with two attached hydrogens (primary N) is 2. The highest BCUT2D eigenvalue weighted by Gasteiger charge is 2.11. The van der Waals surface area contributed by atoms with E-state index in [4.69, 9.17) is 16.6 Å². The largest absolute Gasteiger partial charge is 0.507 e. The van der Waals surface area contributed by atoms with Gasteiger partial charge in [-0.3, -0.25) is 0 Å². The van der Waals surface area contributed by atoms with Gasteiger partial charge in [-0.15, -0.1) is 5.10 Å². The van der Waals surface area contributed by atoms with Crippen molar-refractivity contribution in [1.82, 2.24) is 0 Å². The van der Waals surface area contributed by atoms with E-state index in [0.717, 1.165) is 0 Å². The molecule has 0 radical (unpaired) electrons. The third-order valence-corrected chi connectivity index (χ3v) is 1.96. The van der Waals surface area contributed by atoms with Gasteiger partial charge in [0.05, 0.1) is 5.71 Å². The first-order chi connectivity index (χ1) is 7.91. The monoisotopic (exact) mass is 236 g/mol. The molecule has 1 aromatic carbocycles. The molecule has 0 atom stereocenters. The molecule has 1 aromatic rings. The van der Waals surface area contributed by atoms with E-state index in [-0.39, 0.29) is 17.3 Å². The van der Waals surface area contributed by atoms with Crippen molar-refractivity contribution in [2.24, 2.45) is 21.7 Å². The van der Waals surface area contributed by atoms with Gasteiger partial charge < -0.3 is 21.7 Å². The molecule has 0 saturated heterocycles. The first kappa shape index (κ1) is 12.5. The van der Waals surface area contributed by atoms with Crippen molar-refractivity contribution >= 4 is 17.6 Å². The van der Waals surface area contributed by atoms with E-state index < -0.39 is 5.97 Å². The van der Waals surface area contributed by atoms with Crippen LogP contribution in [0.2, 0.25) is 0 Å². The Bertz CT molecular complexity index is 504. The molecule has 0 unspecified atom stereocenters. The average molecular weight is 236 g/mol. The van der Waals surface area contributed by atoms with Gasteiger partial charge in [0.15, 0.2) is 0 Å². The van der Waals surface area contributed by atoms with Crippen molar-refractivity contribution in [2.45, 2.75) is 6.92 Å². The summed E-state index contributed by atoms with van der Waals surface area (Å²) in [7, 11) is 0. The normalized spacial score (nSPS) is 11.0. The Kier molecular flexibility index (Phi) is 3.66. The molecule has 0 aliphatic rings. The van der Waals surface area contributed by atoms with Gasteiger partial charge in [0.2, 0.25) is 5.96 Å². The number of nitrogens with zero attached hydrogens (tertiary/aromatic N) is 2. The quantitative estimate of drug-likeness (QED) is 0.335. The molecule has 90 valence electrons. The summed E-state index contributed by atoms with van der Waals surface area (Å²) in [6, 6.07) is 4.08. The molecule has 0 spiro atoms. The second-order valence-electron chi connectivity index (χ2n) is 3.25. The summed E-state index contributed by atoms with van der Waals surface area (Å²) in [5, 5.41) is 25.3. The van der Waals surface area contributed by atoms with Crippen LogP contribution in [-0.4, -0.2) is 27.9 Å². The number of hydrogen-bond acceptors (Lipinski definition) is 4. The molecule has 1 rings (SSSR count). The third-order valence-electron chi connectivity index (χ3n) is 1.96. The van der Waals surface area contributed by atoms with Gasteiger partial charge in [-0.1, -0.05) is 0 Å². The molecule has 0 aliphatic heterocycles. The van der Waals surface area contributed by atoms with Gasteiger partial charge >= 0.3 is 5.97 Å². The highest BCUT2D eigenvalue weighted by atomic mass is 16.4. The highest BCUT2D eigenvalue weighted by molar-refractivity contribution is 6.01. The molecular weight excluding hydrogens is 224 g/mol. The lowest BCUT2D eigenvalue weighted by molar-refractivity contribution is 0.0693. The summed E-state index contributed by atoms with van der Waals surface area (Å²) in [4.78, 5) is 10.8. The molecule has 17 heavy (non-hydrogen) atoms.